The highest BCUT2D eigenvalue weighted by atomic mass is 35.5. The number of nitrogens with one attached hydrogen (secondary N) is 1. The molecule has 3 nitrogen and oxygen atoms in total. The zero-order chi connectivity index (χ0) is 13.6. The van der Waals surface area contributed by atoms with Gasteiger partial charge in [-0.15, -0.1) is 12.4 Å². The Hall–Kier alpha value is -1.24. The minimum Gasteiger partial charge on any atom is -0.337 e. The van der Waals surface area contributed by atoms with Gasteiger partial charge in [0.15, 0.2) is 16.4 Å². The van der Waals surface area contributed by atoms with E-state index in [-0.39, 0.29) is 18.4 Å². The third-order valence-corrected chi connectivity index (χ3v) is 3.93. The van der Waals surface area contributed by atoms with Gasteiger partial charge in [-0.05, 0) is 48.3 Å². The predicted octanol–water partition coefficient (Wildman–Crippen LogP) is 3.04. The molecule has 1 aromatic heterocycles. The average Bonchev–Trinajstić information content (AvgIpc) is 2.93. The fraction of sp³-hybridized carbons (Fsp3) is 0.308. The largest absolute Gasteiger partial charge is 0.337 e. The minimum absolute atomic E-state index is 0. The first-order valence-corrected chi connectivity index (χ1v) is 6.46. The summed E-state index contributed by atoms with van der Waals surface area (Å²) in [5.74, 6) is -1.59. The van der Waals surface area contributed by atoms with Crippen molar-refractivity contribution < 1.29 is 8.78 Å². The molecule has 0 saturated carbocycles. The number of halogens is 3. The molecular formula is C13H14ClF2N3S. The van der Waals surface area contributed by atoms with Crippen molar-refractivity contribution in [1.29, 1.82) is 0 Å². The lowest BCUT2D eigenvalue weighted by atomic mass is 10.1. The maximum atomic E-state index is 13.2. The molecule has 20 heavy (non-hydrogen) atoms. The van der Waals surface area contributed by atoms with Gasteiger partial charge in [-0.25, -0.2) is 8.78 Å². The monoisotopic (exact) mass is 317 g/mol. The highest BCUT2D eigenvalue weighted by Crippen LogP contribution is 2.32. The van der Waals surface area contributed by atoms with Gasteiger partial charge in [0.05, 0.1) is 5.69 Å². The molecule has 0 aliphatic heterocycles. The fourth-order valence-electron chi connectivity index (χ4n) is 2.74. The molecule has 0 saturated heterocycles. The Balaban J connectivity index is 0.00000147. The molecule has 0 fully saturated rings. The van der Waals surface area contributed by atoms with Crippen LogP contribution in [0.1, 0.15) is 22.9 Å². The smallest absolute Gasteiger partial charge is 0.177 e. The maximum absolute atomic E-state index is 13.2. The van der Waals surface area contributed by atoms with Gasteiger partial charge >= 0.3 is 0 Å². The van der Waals surface area contributed by atoms with Crippen molar-refractivity contribution in [3.63, 3.8) is 0 Å². The van der Waals surface area contributed by atoms with Crippen molar-refractivity contribution in [2.24, 2.45) is 5.73 Å². The van der Waals surface area contributed by atoms with E-state index in [1.807, 2.05) is 4.57 Å². The summed E-state index contributed by atoms with van der Waals surface area (Å²) in [6.07, 6.45) is 3.07. The van der Waals surface area contributed by atoms with Crippen LogP contribution in [0, 0.1) is 16.4 Å². The molecule has 1 aliphatic carbocycles. The van der Waals surface area contributed by atoms with Gasteiger partial charge in [0.1, 0.15) is 0 Å². The van der Waals surface area contributed by atoms with Crippen molar-refractivity contribution in [3.8, 4) is 0 Å². The molecule has 108 valence electrons. The van der Waals surface area contributed by atoms with Crippen LogP contribution in [0.4, 0.5) is 8.78 Å². The number of nitrogens with two attached hydrogens (primary N) is 1. The SMILES string of the molecule is Cl.NCc1c[nH]c(=S)n1C1Cc2cc(F)c(F)cc2C1. The zero-order valence-electron chi connectivity index (χ0n) is 10.5. The molecule has 0 amide bonds. The van der Waals surface area contributed by atoms with Gasteiger partial charge in [-0.2, -0.15) is 0 Å². The first kappa shape index (κ1) is 15.2. The number of aromatic amines is 1. The summed E-state index contributed by atoms with van der Waals surface area (Å²) in [6, 6.07) is 2.64. The second kappa shape index (κ2) is 5.63. The first-order chi connectivity index (χ1) is 9.10. The predicted molar refractivity (Wildman–Crippen MR) is 77.6 cm³/mol. The Morgan fingerprint density at radius 2 is 1.80 bits per heavy atom. The molecule has 3 rings (SSSR count). The average molecular weight is 318 g/mol. The molecule has 2 aromatic rings. The van der Waals surface area contributed by atoms with Gasteiger partial charge in [0.2, 0.25) is 0 Å². The summed E-state index contributed by atoms with van der Waals surface area (Å²) >= 11 is 5.24. The summed E-state index contributed by atoms with van der Waals surface area (Å²) in [7, 11) is 0. The molecule has 1 aliphatic rings. The molecular weight excluding hydrogens is 304 g/mol. The topological polar surface area (TPSA) is 46.7 Å². The van der Waals surface area contributed by atoms with Crippen LogP contribution in [0.25, 0.3) is 0 Å². The van der Waals surface area contributed by atoms with E-state index >= 15 is 0 Å². The first-order valence-electron chi connectivity index (χ1n) is 6.05. The van der Waals surface area contributed by atoms with Crippen LogP contribution in [0.15, 0.2) is 18.3 Å². The molecule has 7 heteroatoms. The summed E-state index contributed by atoms with van der Waals surface area (Å²) in [4.78, 5) is 2.96. The number of hydrogen-bond acceptors (Lipinski definition) is 2. The molecule has 0 unspecified atom stereocenters. The van der Waals surface area contributed by atoms with E-state index in [9.17, 15) is 8.78 Å². The van der Waals surface area contributed by atoms with E-state index in [0.29, 0.717) is 24.2 Å². The number of aromatic nitrogens is 2. The van der Waals surface area contributed by atoms with E-state index in [0.717, 1.165) is 16.8 Å². The molecule has 0 radical (unpaired) electrons. The third-order valence-electron chi connectivity index (χ3n) is 3.62. The standard InChI is InChI=1S/C13H13F2N3S.ClH/c14-11-3-7-1-9(2-8(7)4-12(11)15)18-10(5-16)6-17-13(18)19;/h3-4,6,9H,1-2,5,16H2,(H,17,19);1H. The second-order valence-corrected chi connectivity index (χ2v) is 5.14. The van der Waals surface area contributed by atoms with Crippen molar-refractivity contribution in [2.75, 3.05) is 0 Å². The number of fused-ring (bicyclic) bond motifs is 1. The molecule has 0 bridgehead atoms. The number of imidazole rings is 1. The van der Waals surface area contributed by atoms with Crippen LogP contribution in [-0.4, -0.2) is 9.55 Å². The molecule has 1 aromatic carbocycles. The molecule has 0 atom stereocenters. The number of hydrogen-bond donors (Lipinski definition) is 2. The van der Waals surface area contributed by atoms with E-state index in [4.69, 9.17) is 18.0 Å². The normalized spacial score (nSPS) is 14.2. The van der Waals surface area contributed by atoms with Crippen LogP contribution in [0.3, 0.4) is 0 Å². The summed E-state index contributed by atoms with van der Waals surface area (Å²) in [5, 5.41) is 0. The van der Waals surface area contributed by atoms with Gasteiger partial charge in [-0.1, -0.05) is 0 Å². The molecule has 0 spiro atoms. The highest BCUT2D eigenvalue weighted by molar-refractivity contribution is 7.71. The van der Waals surface area contributed by atoms with Crippen molar-refractivity contribution in [3.05, 3.63) is 51.6 Å². The van der Waals surface area contributed by atoms with E-state index in [1.54, 1.807) is 6.20 Å². The van der Waals surface area contributed by atoms with Crippen molar-refractivity contribution in [2.45, 2.75) is 25.4 Å². The molecule has 1 heterocycles. The van der Waals surface area contributed by atoms with Gasteiger partial charge in [0, 0.05) is 18.8 Å². The van der Waals surface area contributed by atoms with Crippen LogP contribution >= 0.6 is 24.6 Å². The number of nitrogens with zero attached hydrogens (tertiary/aromatic N) is 1. The quantitative estimate of drug-likeness (QED) is 0.836. The van der Waals surface area contributed by atoms with Crippen LogP contribution in [-0.2, 0) is 19.4 Å². The number of benzene rings is 1. The van der Waals surface area contributed by atoms with Gasteiger partial charge in [-0.3, -0.25) is 0 Å². The van der Waals surface area contributed by atoms with Crippen molar-refractivity contribution >= 4 is 24.6 Å². The van der Waals surface area contributed by atoms with E-state index in [1.165, 1.54) is 12.1 Å². The lowest BCUT2D eigenvalue weighted by Gasteiger charge is -2.14. The Kier molecular flexibility index (Phi) is 4.27. The van der Waals surface area contributed by atoms with E-state index < -0.39 is 11.6 Å². The minimum atomic E-state index is -0.795. The highest BCUT2D eigenvalue weighted by Gasteiger charge is 2.26. The van der Waals surface area contributed by atoms with Crippen LogP contribution in [0.5, 0.6) is 0 Å². The molecule has 3 N–H and O–H groups in total. The van der Waals surface area contributed by atoms with E-state index in [2.05, 4.69) is 4.98 Å². The number of rotatable bonds is 2. The summed E-state index contributed by atoms with van der Waals surface area (Å²) in [6.45, 7) is 0.378. The zero-order valence-corrected chi connectivity index (χ0v) is 12.2. The Bertz CT molecular complexity index is 664. The Labute approximate surface area is 126 Å². The second-order valence-electron chi connectivity index (χ2n) is 4.76. The van der Waals surface area contributed by atoms with Crippen LogP contribution < -0.4 is 5.73 Å². The fourth-order valence-corrected chi connectivity index (χ4v) is 3.07. The lowest BCUT2D eigenvalue weighted by molar-refractivity contribution is 0.504. The van der Waals surface area contributed by atoms with Gasteiger partial charge in [0.25, 0.3) is 0 Å². The van der Waals surface area contributed by atoms with Crippen LogP contribution in [0.2, 0.25) is 0 Å². The lowest BCUT2D eigenvalue weighted by Crippen LogP contribution is -2.14. The maximum Gasteiger partial charge on any atom is 0.177 e. The Morgan fingerprint density at radius 1 is 1.25 bits per heavy atom. The summed E-state index contributed by atoms with van der Waals surface area (Å²) in [5.41, 5.74) is 8.27. The van der Waals surface area contributed by atoms with Crippen molar-refractivity contribution in [1.82, 2.24) is 9.55 Å². The van der Waals surface area contributed by atoms with Gasteiger partial charge < -0.3 is 15.3 Å². The third kappa shape index (κ3) is 2.39. The Morgan fingerprint density at radius 3 is 2.30 bits per heavy atom. The summed E-state index contributed by atoms with van der Waals surface area (Å²) < 4.78 is 29.0. The number of H-pyrrole nitrogens is 1.